The fraction of sp³-hybridized carbons (Fsp3) is 0.500. The highest BCUT2D eigenvalue weighted by atomic mass is 16.8. The van der Waals surface area contributed by atoms with Gasteiger partial charge in [0.25, 0.3) is 0 Å². The molecule has 8 heavy (non-hydrogen) atoms. The molecule has 1 N–H and O–H groups in total. The van der Waals surface area contributed by atoms with Crippen LogP contribution in [0.25, 0.3) is 0 Å². The molecule has 0 aromatic heterocycles. The first-order valence-corrected chi connectivity index (χ1v) is 2.17. The number of hydrogen-bond donors (Lipinski definition) is 1. The van der Waals surface area contributed by atoms with Gasteiger partial charge in [0.2, 0.25) is 0 Å². The van der Waals surface area contributed by atoms with Crippen LogP contribution in [0, 0.1) is 5.41 Å². The van der Waals surface area contributed by atoms with E-state index in [9.17, 15) is 4.79 Å². The minimum atomic E-state index is -0.682. The Balaban J connectivity index is 2.43. The standard InChI is InChI=1S/C4H5NO3/c5-1-3-2-7-4(6)8-3/h1,3,5H,2H2. The highest BCUT2D eigenvalue weighted by Crippen LogP contribution is 2.01. The van der Waals surface area contributed by atoms with E-state index in [4.69, 9.17) is 5.41 Å². The first-order chi connectivity index (χ1) is 3.83. The van der Waals surface area contributed by atoms with Gasteiger partial charge in [0.1, 0.15) is 6.61 Å². The molecule has 0 bridgehead atoms. The second-order valence-electron chi connectivity index (χ2n) is 1.38. The summed E-state index contributed by atoms with van der Waals surface area (Å²) in [5, 5.41) is 6.61. The Morgan fingerprint density at radius 2 is 2.62 bits per heavy atom. The van der Waals surface area contributed by atoms with Crippen LogP contribution < -0.4 is 0 Å². The summed E-state index contributed by atoms with van der Waals surface area (Å²) in [7, 11) is 0. The lowest BCUT2D eigenvalue weighted by Gasteiger charge is -1.91. The van der Waals surface area contributed by atoms with E-state index in [0.29, 0.717) is 0 Å². The SMILES string of the molecule is N=CC1COC(=O)O1. The third-order valence-corrected chi connectivity index (χ3v) is 0.799. The Morgan fingerprint density at radius 1 is 1.88 bits per heavy atom. The Bertz CT molecular complexity index is 122. The number of carbonyl (C=O) groups excluding carboxylic acids is 1. The first kappa shape index (κ1) is 5.08. The summed E-state index contributed by atoms with van der Waals surface area (Å²) in [6.45, 7) is 0.183. The Kier molecular flexibility index (Phi) is 1.15. The molecule has 44 valence electrons. The average Bonchev–Trinajstić information content (AvgIpc) is 2.14. The average molecular weight is 115 g/mol. The molecule has 0 saturated carbocycles. The van der Waals surface area contributed by atoms with Crippen LogP contribution in [0.5, 0.6) is 0 Å². The van der Waals surface area contributed by atoms with Gasteiger partial charge in [0.15, 0.2) is 6.10 Å². The van der Waals surface area contributed by atoms with E-state index in [-0.39, 0.29) is 6.61 Å². The molecule has 1 unspecified atom stereocenters. The summed E-state index contributed by atoms with van der Waals surface area (Å²) < 4.78 is 8.75. The molecule has 1 rings (SSSR count). The van der Waals surface area contributed by atoms with Crippen molar-refractivity contribution in [2.75, 3.05) is 6.61 Å². The summed E-state index contributed by atoms with van der Waals surface area (Å²) in [5.41, 5.74) is 0. The van der Waals surface area contributed by atoms with Crippen LogP contribution >= 0.6 is 0 Å². The summed E-state index contributed by atoms with van der Waals surface area (Å²) >= 11 is 0. The minimum absolute atomic E-state index is 0.183. The van der Waals surface area contributed by atoms with E-state index >= 15 is 0 Å². The van der Waals surface area contributed by atoms with Gasteiger partial charge in [-0.15, -0.1) is 0 Å². The quantitative estimate of drug-likeness (QED) is 0.391. The third kappa shape index (κ3) is 0.776. The van der Waals surface area contributed by atoms with Gasteiger partial charge in [-0.05, 0) is 0 Å². The normalized spacial score (nSPS) is 26.5. The van der Waals surface area contributed by atoms with Crippen LogP contribution in [0.15, 0.2) is 0 Å². The predicted octanol–water partition coefficient (Wildman–Crippen LogP) is 0.171. The van der Waals surface area contributed by atoms with Crippen LogP contribution in [0.1, 0.15) is 0 Å². The van der Waals surface area contributed by atoms with Gasteiger partial charge in [-0.3, -0.25) is 0 Å². The molecular weight excluding hydrogens is 110 g/mol. The number of cyclic esters (lactones) is 2. The fourth-order valence-corrected chi connectivity index (χ4v) is 0.424. The van der Waals surface area contributed by atoms with E-state index in [1.54, 1.807) is 0 Å². The van der Waals surface area contributed by atoms with Crippen molar-refractivity contribution in [3.63, 3.8) is 0 Å². The maximum Gasteiger partial charge on any atom is 0.509 e. The van der Waals surface area contributed by atoms with Gasteiger partial charge in [0, 0.05) is 6.21 Å². The summed E-state index contributed by atoms with van der Waals surface area (Å²) in [6.07, 6.45) is -0.105. The molecule has 0 aromatic carbocycles. The molecule has 1 atom stereocenters. The lowest BCUT2D eigenvalue weighted by molar-refractivity contribution is 0.127. The van der Waals surface area contributed by atoms with Gasteiger partial charge >= 0.3 is 6.16 Å². The molecule has 1 aliphatic rings. The Morgan fingerprint density at radius 3 is 2.88 bits per heavy atom. The van der Waals surface area contributed by atoms with Crippen molar-refractivity contribution >= 4 is 12.4 Å². The van der Waals surface area contributed by atoms with Gasteiger partial charge in [0.05, 0.1) is 0 Å². The van der Waals surface area contributed by atoms with Crippen molar-refractivity contribution in [3.05, 3.63) is 0 Å². The lowest BCUT2D eigenvalue weighted by Crippen LogP contribution is -2.09. The van der Waals surface area contributed by atoms with E-state index in [2.05, 4.69) is 9.47 Å². The number of rotatable bonds is 1. The molecule has 0 aromatic rings. The molecule has 0 amide bonds. The van der Waals surface area contributed by atoms with Crippen molar-refractivity contribution in [3.8, 4) is 0 Å². The largest absolute Gasteiger partial charge is 0.509 e. The molecule has 0 aliphatic carbocycles. The molecule has 4 heteroatoms. The Hall–Kier alpha value is -1.06. The van der Waals surface area contributed by atoms with Crippen molar-refractivity contribution in [2.45, 2.75) is 6.10 Å². The molecule has 0 spiro atoms. The van der Waals surface area contributed by atoms with Crippen molar-refractivity contribution < 1.29 is 14.3 Å². The number of carbonyl (C=O) groups is 1. The molecule has 1 fully saturated rings. The number of hydrogen-bond acceptors (Lipinski definition) is 4. The third-order valence-electron chi connectivity index (χ3n) is 0.799. The van der Waals surface area contributed by atoms with Crippen LogP contribution in [-0.2, 0) is 9.47 Å². The van der Waals surface area contributed by atoms with E-state index in [1.165, 1.54) is 0 Å². The summed E-state index contributed by atoms with van der Waals surface area (Å²) in [5.74, 6) is 0. The van der Waals surface area contributed by atoms with Gasteiger partial charge < -0.3 is 14.9 Å². The second-order valence-corrected chi connectivity index (χ2v) is 1.38. The van der Waals surface area contributed by atoms with Gasteiger partial charge in [-0.25, -0.2) is 4.79 Å². The zero-order valence-corrected chi connectivity index (χ0v) is 4.09. The Labute approximate surface area is 45.9 Å². The van der Waals surface area contributed by atoms with Gasteiger partial charge in [-0.1, -0.05) is 0 Å². The molecule has 1 heterocycles. The lowest BCUT2D eigenvalue weighted by atomic mass is 10.4. The van der Waals surface area contributed by atoms with Crippen LogP contribution in [0.2, 0.25) is 0 Å². The molecule has 0 radical (unpaired) electrons. The zero-order valence-electron chi connectivity index (χ0n) is 4.09. The summed E-state index contributed by atoms with van der Waals surface area (Å²) in [6, 6.07) is 0. The number of ether oxygens (including phenoxy) is 2. The van der Waals surface area contributed by atoms with Crippen LogP contribution in [-0.4, -0.2) is 25.1 Å². The van der Waals surface area contributed by atoms with Gasteiger partial charge in [-0.2, -0.15) is 0 Å². The van der Waals surface area contributed by atoms with Crippen LogP contribution in [0.3, 0.4) is 0 Å². The highest BCUT2D eigenvalue weighted by Gasteiger charge is 2.21. The zero-order chi connectivity index (χ0) is 5.98. The summed E-state index contributed by atoms with van der Waals surface area (Å²) in [4.78, 5) is 10.1. The van der Waals surface area contributed by atoms with Crippen LogP contribution in [0.4, 0.5) is 4.79 Å². The van der Waals surface area contributed by atoms with Crippen molar-refractivity contribution in [1.82, 2.24) is 0 Å². The maximum absolute atomic E-state index is 10.1. The first-order valence-electron chi connectivity index (χ1n) is 2.17. The molecular formula is C4H5NO3. The maximum atomic E-state index is 10.1. The highest BCUT2D eigenvalue weighted by molar-refractivity contribution is 5.70. The van der Waals surface area contributed by atoms with E-state index in [1.807, 2.05) is 0 Å². The predicted molar refractivity (Wildman–Crippen MR) is 25.0 cm³/mol. The fourth-order valence-electron chi connectivity index (χ4n) is 0.424. The van der Waals surface area contributed by atoms with Crippen molar-refractivity contribution in [1.29, 1.82) is 5.41 Å². The monoisotopic (exact) mass is 115 g/mol. The topological polar surface area (TPSA) is 59.4 Å². The number of nitrogens with one attached hydrogen (secondary N) is 1. The molecule has 4 nitrogen and oxygen atoms in total. The smallest absolute Gasteiger partial charge is 0.430 e. The minimum Gasteiger partial charge on any atom is -0.430 e. The molecule has 1 saturated heterocycles. The van der Waals surface area contributed by atoms with E-state index < -0.39 is 12.3 Å². The molecule has 1 aliphatic heterocycles. The van der Waals surface area contributed by atoms with Crippen molar-refractivity contribution in [2.24, 2.45) is 0 Å². The second kappa shape index (κ2) is 1.81. The van der Waals surface area contributed by atoms with E-state index in [0.717, 1.165) is 6.21 Å².